The minimum Gasteiger partial charge on any atom is -0.444 e. The predicted molar refractivity (Wildman–Crippen MR) is 92.0 cm³/mol. The Labute approximate surface area is 152 Å². The minimum absolute atomic E-state index is 0.0698. The molecule has 0 spiro atoms. The van der Waals surface area contributed by atoms with Crippen LogP contribution in [0.25, 0.3) is 0 Å². The number of rotatable bonds is 4. The summed E-state index contributed by atoms with van der Waals surface area (Å²) in [5.74, 6) is -1.47. The molecule has 0 aliphatic carbocycles. The highest BCUT2D eigenvalue weighted by atomic mass is 79.9. The number of halogens is 1. The van der Waals surface area contributed by atoms with Crippen molar-refractivity contribution in [3.05, 3.63) is 58.5 Å². The number of carbonyl (C=O) groups excluding carboxylic acids is 3. The zero-order chi connectivity index (χ0) is 17.8. The number of amides is 3. The number of nitrogens with one attached hydrogen (secondary N) is 2. The maximum Gasteiger partial charge on any atom is 0.305 e. The van der Waals surface area contributed by atoms with Gasteiger partial charge in [0.15, 0.2) is 10.4 Å². The van der Waals surface area contributed by atoms with Crippen LogP contribution < -0.4 is 10.9 Å². The standard InChI is InChI=1S/C17H16BrN3O4/c18-14-7-6-13(25-14)17(24)20-19-16(23)12-8-15(22)21(10-12)9-11-4-2-1-3-5-11/h1-7,12H,8-10H2,(H,19,23)(H,20,24). The molecule has 8 heteroatoms. The molecule has 25 heavy (non-hydrogen) atoms. The fourth-order valence-corrected chi connectivity index (χ4v) is 2.93. The van der Waals surface area contributed by atoms with Crippen molar-refractivity contribution >= 4 is 33.7 Å². The Kier molecular flexibility index (Phi) is 5.18. The van der Waals surface area contributed by atoms with Crippen LogP contribution in [0.3, 0.4) is 0 Å². The molecule has 3 rings (SSSR count). The Bertz CT molecular complexity index is 790. The molecule has 7 nitrogen and oxygen atoms in total. The molecule has 3 amide bonds. The lowest BCUT2D eigenvalue weighted by molar-refractivity contribution is -0.129. The van der Waals surface area contributed by atoms with Crippen molar-refractivity contribution in [2.24, 2.45) is 5.92 Å². The van der Waals surface area contributed by atoms with Crippen molar-refractivity contribution in [3.63, 3.8) is 0 Å². The lowest BCUT2D eigenvalue weighted by Crippen LogP contribution is -2.45. The second-order valence-corrected chi connectivity index (χ2v) is 6.49. The first kappa shape index (κ1) is 17.2. The molecule has 1 unspecified atom stereocenters. The molecule has 0 bridgehead atoms. The molecule has 1 atom stereocenters. The zero-order valence-electron chi connectivity index (χ0n) is 13.2. The van der Waals surface area contributed by atoms with Crippen LogP contribution in [0.2, 0.25) is 0 Å². The molecular formula is C17H16BrN3O4. The second-order valence-electron chi connectivity index (χ2n) is 5.71. The quantitative estimate of drug-likeness (QED) is 0.759. The van der Waals surface area contributed by atoms with E-state index < -0.39 is 17.7 Å². The lowest BCUT2D eigenvalue weighted by atomic mass is 10.1. The zero-order valence-corrected chi connectivity index (χ0v) is 14.8. The summed E-state index contributed by atoms with van der Waals surface area (Å²) in [6, 6.07) is 12.6. The van der Waals surface area contributed by atoms with E-state index in [1.165, 1.54) is 6.07 Å². The molecule has 2 aromatic rings. The summed E-state index contributed by atoms with van der Waals surface area (Å²) in [5, 5.41) is 0. The summed E-state index contributed by atoms with van der Waals surface area (Å²) < 4.78 is 5.51. The van der Waals surface area contributed by atoms with Gasteiger partial charge in [-0.3, -0.25) is 25.2 Å². The third-order valence-electron chi connectivity index (χ3n) is 3.90. The van der Waals surface area contributed by atoms with Gasteiger partial charge in [0.05, 0.1) is 5.92 Å². The summed E-state index contributed by atoms with van der Waals surface area (Å²) in [5.41, 5.74) is 5.64. The van der Waals surface area contributed by atoms with Crippen molar-refractivity contribution < 1.29 is 18.8 Å². The summed E-state index contributed by atoms with van der Waals surface area (Å²) in [7, 11) is 0. The van der Waals surface area contributed by atoms with E-state index in [1.807, 2.05) is 30.3 Å². The molecule has 1 aromatic heterocycles. The molecule has 0 radical (unpaired) electrons. The van der Waals surface area contributed by atoms with Gasteiger partial charge >= 0.3 is 5.91 Å². The van der Waals surface area contributed by atoms with E-state index in [0.717, 1.165) is 5.56 Å². The van der Waals surface area contributed by atoms with Gasteiger partial charge in [-0.2, -0.15) is 0 Å². The Morgan fingerprint density at radius 3 is 2.60 bits per heavy atom. The first-order chi connectivity index (χ1) is 12.0. The van der Waals surface area contributed by atoms with Crippen molar-refractivity contribution in [2.75, 3.05) is 6.54 Å². The number of furan rings is 1. The summed E-state index contributed by atoms with van der Waals surface area (Å²) >= 11 is 3.10. The maximum atomic E-state index is 12.2. The first-order valence-electron chi connectivity index (χ1n) is 7.70. The average molecular weight is 406 g/mol. The Morgan fingerprint density at radius 1 is 1.16 bits per heavy atom. The van der Waals surface area contributed by atoms with Gasteiger partial charge in [0.25, 0.3) is 0 Å². The van der Waals surface area contributed by atoms with Gasteiger partial charge in [-0.05, 0) is 33.6 Å². The Morgan fingerprint density at radius 2 is 1.92 bits per heavy atom. The molecular weight excluding hydrogens is 390 g/mol. The normalized spacial score (nSPS) is 16.8. The fraction of sp³-hybridized carbons (Fsp3) is 0.235. The highest BCUT2D eigenvalue weighted by Crippen LogP contribution is 2.20. The molecule has 2 heterocycles. The minimum atomic E-state index is -0.565. The number of likely N-dealkylation sites (tertiary alicyclic amines) is 1. The van der Waals surface area contributed by atoms with Crippen LogP contribution in [-0.4, -0.2) is 29.2 Å². The molecule has 1 aliphatic heterocycles. The number of benzene rings is 1. The molecule has 0 saturated carbocycles. The second kappa shape index (κ2) is 7.52. The molecule has 1 fully saturated rings. The van der Waals surface area contributed by atoms with Crippen LogP contribution in [0.5, 0.6) is 0 Å². The molecule has 130 valence electrons. The SMILES string of the molecule is O=C(NNC(=O)C1CC(=O)N(Cc2ccccc2)C1)c1ccc(Br)o1. The van der Waals surface area contributed by atoms with Crippen molar-refractivity contribution in [3.8, 4) is 0 Å². The largest absolute Gasteiger partial charge is 0.444 e. The van der Waals surface area contributed by atoms with E-state index in [-0.39, 0.29) is 18.1 Å². The number of hydrazine groups is 1. The van der Waals surface area contributed by atoms with Crippen LogP contribution in [0.1, 0.15) is 22.5 Å². The van der Waals surface area contributed by atoms with Crippen molar-refractivity contribution in [1.82, 2.24) is 15.8 Å². The number of nitrogens with zero attached hydrogens (tertiary/aromatic N) is 1. The monoisotopic (exact) mass is 405 g/mol. The number of carbonyl (C=O) groups is 3. The maximum absolute atomic E-state index is 12.2. The average Bonchev–Trinajstić information content (AvgIpc) is 3.20. The summed E-state index contributed by atoms with van der Waals surface area (Å²) in [6.45, 7) is 0.790. The number of hydrogen-bond donors (Lipinski definition) is 2. The van der Waals surface area contributed by atoms with Crippen LogP contribution in [0.15, 0.2) is 51.6 Å². The van der Waals surface area contributed by atoms with Gasteiger partial charge in [-0.15, -0.1) is 0 Å². The third-order valence-corrected chi connectivity index (χ3v) is 4.32. The molecule has 2 N–H and O–H groups in total. The highest BCUT2D eigenvalue weighted by Gasteiger charge is 2.34. The van der Waals surface area contributed by atoms with Gasteiger partial charge < -0.3 is 9.32 Å². The highest BCUT2D eigenvalue weighted by molar-refractivity contribution is 9.10. The van der Waals surface area contributed by atoms with Gasteiger partial charge in [0.1, 0.15) is 0 Å². The van der Waals surface area contributed by atoms with E-state index >= 15 is 0 Å². The molecule has 1 aliphatic rings. The van der Waals surface area contributed by atoms with Gasteiger partial charge in [-0.25, -0.2) is 0 Å². The topological polar surface area (TPSA) is 91.7 Å². The van der Waals surface area contributed by atoms with Crippen LogP contribution in [0.4, 0.5) is 0 Å². The summed E-state index contributed by atoms with van der Waals surface area (Å²) in [4.78, 5) is 37.8. The predicted octanol–water partition coefficient (Wildman–Crippen LogP) is 1.85. The van der Waals surface area contributed by atoms with Gasteiger partial charge in [0, 0.05) is 19.5 Å². The van der Waals surface area contributed by atoms with Crippen LogP contribution in [-0.2, 0) is 16.1 Å². The van der Waals surface area contributed by atoms with Crippen molar-refractivity contribution in [1.29, 1.82) is 0 Å². The van der Waals surface area contributed by atoms with E-state index in [0.29, 0.717) is 17.8 Å². The van der Waals surface area contributed by atoms with E-state index in [4.69, 9.17) is 4.42 Å². The Balaban J connectivity index is 1.51. The third kappa shape index (κ3) is 4.27. The lowest BCUT2D eigenvalue weighted by Gasteiger charge is -2.16. The number of hydrogen-bond acceptors (Lipinski definition) is 4. The van der Waals surface area contributed by atoms with E-state index in [1.54, 1.807) is 11.0 Å². The van der Waals surface area contributed by atoms with Crippen LogP contribution >= 0.6 is 15.9 Å². The molecule has 1 aromatic carbocycles. The van der Waals surface area contributed by atoms with Crippen LogP contribution in [0, 0.1) is 5.92 Å². The first-order valence-corrected chi connectivity index (χ1v) is 8.49. The smallest absolute Gasteiger partial charge is 0.305 e. The van der Waals surface area contributed by atoms with Gasteiger partial charge in [0.2, 0.25) is 11.8 Å². The van der Waals surface area contributed by atoms with E-state index in [2.05, 4.69) is 26.8 Å². The molecule has 1 saturated heterocycles. The Hall–Kier alpha value is -2.61. The van der Waals surface area contributed by atoms with E-state index in [9.17, 15) is 14.4 Å². The fourth-order valence-electron chi connectivity index (χ4n) is 2.62. The van der Waals surface area contributed by atoms with Crippen molar-refractivity contribution in [2.45, 2.75) is 13.0 Å². The summed E-state index contributed by atoms with van der Waals surface area (Å²) in [6.07, 6.45) is 0.126. The van der Waals surface area contributed by atoms with Gasteiger partial charge in [-0.1, -0.05) is 30.3 Å².